The Morgan fingerprint density at radius 2 is 2.12 bits per heavy atom. The van der Waals surface area contributed by atoms with Crippen molar-refractivity contribution in [3.8, 4) is 0 Å². The van der Waals surface area contributed by atoms with E-state index in [1.807, 2.05) is 6.92 Å². The number of nitrogens with one attached hydrogen (secondary N) is 1. The van der Waals surface area contributed by atoms with Gasteiger partial charge in [-0.3, -0.25) is 9.59 Å². The van der Waals surface area contributed by atoms with Crippen LogP contribution in [-0.2, 0) is 7.05 Å². The van der Waals surface area contributed by atoms with E-state index in [2.05, 4.69) is 22.1 Å². The molecule has 0 spiro atoms. The van der Waals surface area contributed by atoms with Gasteiger partial charge in [0.2, 0.25) is 0 Å². The van der Waals surface area contributed by atoms with Gasteiger partial charge in [-0.1, -0.05) is 6.92 Å². The molecule has 3 heterocycles. The van der Waals surface area contributed by atoms with E-state index in [-0.39, 0.29) is 11.5 Å². The lowest BCUT2D eigenvalue weighted by Gasteiger charge is -2.30. The summed E-state index contributed by atoms with van der Waals surface area (Å²) in [5.41, 5.74) is 0.633. The predicted molar refractivity (Wildman–Crippen MR) is 101 cm³/mol. The van der Waals surface area contributed by atoms with Crippen LogP contribution < -0.4 is 10.9 Å². The largest absolute Gasteiger partial charge is 0.351 e. The van der Waals surface area contributed by atoms with Crippen molar-refractivity contribution in [3.63, 3.8) is 0 Å². The number of hydrogen-bond donors (Lipinski definition) is 1. The molecule has 1 fully saturated rings. The summed E-state index contributed by atoms with van der Waals surface area (Å²) in [7, 11) is 1.67. The van der Waals surface area contributed by atoms with E-state index < -0.39 is 0 Å². The van der Waals surface area contributed by atoms with Crippen LogP contribution in [0.15, 0.2) is 11.1 Å². The Labute approximate surface area is 151 Å². The van der Waals surface area contributed by atoms with E-state index >= 15 is 0 Å². The molecule has 1 amide bonds. The number of amides is 1. The van der Waals surface area contributed by atoms with Crippen LogP contribution in [0.1, 0.15) is 41.4 Å². The molecule has 1 aliphatic rings. The smallest absolute Gasteiger partial charge is 0.262 e. The maximum absolute atomic E-state index is 12.5. The Morgan fingerprint density at radius 3 is 2.84 bits per heavy atom. The van der Waals surface area contributed by atoms with Crippen LogP contribution in [0.5, 0.6) is 0 Å². The molecule has 6 nitrogen and oxygen atoms in total. The fourth-order valence-electron chi connectivity index (χ4n) is 3.30. The molecule has 1 aliphatic heterocycles. The Morgan fingerprint density at radius 1 is 1.40 bits per heavy atom. The first kappa shape index (κ1) is 18.1. The van der Waals surface area contributed by atoms with Crippen molar-refractivity contribution in [2.24, 2.45) is 13.0 Å². The first-order chi connectivity index (χ1) is 12.0. The van der Waals surface area contributed by atoms with Gasteiger partial charge >= 0.3 is 0 Å². The van der Waals surface area contributed by atoms with Crippen LogP contribution in [0, 0.1) is 12.8 Å². The molecule has 2 aromatic rings. The van der Waals surface area contributed by atoms with E-state index in [9.17, 15) is 9.59 Å². The number of carbonyl (C=O) groups is 1. The number of thiophene rings is 1. The average molecular weight is 362 g/mol. The second-order valence-electron chi connectivity index (χ2n) is 7.03. The number of fused-ring (bicyclic) bond motifs is 1. The number of nitrogens with zero attached hydrogens (tertiary/aromatic N) is 3. The topological polar surface area (TPSA) is 67.2 Å². The van der Waals surface area contributed by atoms with Gasteiger partial charge in [-0.15, -0.1) is 11.3 Å². The van der Waals surface area contributed by atoms with Gasteiger partial charge in [0, 0.05) is 13.6 Å². The minimum atomic E-state index is -0.102. The van der Waals surface area contributed by atoms with Crippen molar-refractivity contribution in [1.29, 1.82) is 0 Å². The molecule has 0 unspecified atom stereocenters. The lowest BCUT2D eigenvalue weighted by atomic mass is 9.99. The molecule has 0 bridgehead atoms. The van der Waals surface area contributed by atoms with Crippen LogP contribution in [-0.4, -0.2) is 46.5 Å². The molecule has 136 valence electrons. The molecular weight excluding hydrogens is 336 g/mol. The number of piperidine rings is 1. The van der Waals surface area contributed by atoms with Crippen molar-refractivity contribution in [2.75, 3.05) is 26.2 Å². The quantitative estimate of drug-likeness (QED) is 0.828. The summed E-state index contributed by atoms with van der Waals surface area (Å²) in [5.74, 6) is 0.739. The molecule has 0 aliphatic carbocycles. The summed E-state index contributed by atoms with van der Waals surface area (Å²) in [5, 5.41) is 3.55. The number of carbonyl (C=O) groups excluding carboxylic acids is 1. The number of hydrogen-bond acceptors (Lipinski definition) is 5. The summed E-state index contributed by atoms with van der Waals surface area (Å²) in [6.07, 6.45) is 5.00. The van der Waals surface area contributed by atoms with E-state index in [4.69, 9.17) is 0 Å². The van der Waals surface area contributed by atoms with Gasteiger partial charge in [-0.25, -0.2) is 4.98 Å². The van der Waals surface area contributed by atoms with Crippen LogP contribution in [0.4, 0.5) is 0 Å². The SMILES string of the molecule is Cc1c(C(=O)NCCCN2CCC(C)CC2)sc2ncn(C)c(=O)c12. The van der Waals surface area contributed by atoms with Crippen molar-refractivity contribution in [1.82, 2.24) is 19.8 Å². The molecule has 0 atom stereocenters. The maximum atomic E-state index is 12.5. The summed E-state index contributed by atoms with van der Waals surface area (Å²) < 4.78 is 1.45. The Kier molecular flexibility index (Phi) is 5.54. The molecule has 0 saturated carbocycles. The van der Waals surface area contributed by atoms with Crippen molar-refractivity contribution >= 4 is 27.5 Å². The van der Waals surface area contributed by atoms with Crippen molar-refractivity contribution in [2.45, 2.75) is 33.1 Å². The lowest BCUT2D eigenvalue weighted by molar-refractivity contribution is 0.0954. The Hall–Kier alpha value is -1.73. The fraction of sp³-hybridized carbons (Fsp3) is 0.611. The zero-order chi connectivity index (χ0) is 18.0. The highest BCUT2D eigenvalue weighted by molar-refractivity contribution is 7.20. The predicted octanol–water partition coefficient (Wildman–Crippen LogP) is 2.16. The minimum absolute atomic E-state index is 0.0999. The molecule has 1 N–H and O–H groups in total. The summed E-state index contributed by atoms with van der Waals surface area (Å²) in [6, 6.07) is 0. The van der Waals surface area contributed by atoms with Gasteiger partial charge in [0.1, 0.15) is 4.83 Å². The Balaban J connectivity index is 1.57. The third kappa shape index (κ3) is 3.93. The van der Waals surface area contributed by atoms with Crippen LogP contribution in [0.2, 0.25) is 0 Å². The third-order valence-corrected chi connectivity index (χ3v) is 6.23. The molecule has 0 aromatic carbocycles. The van der Waals surface area contributed by atoms with Gasteiger partial charge in [-0.2, -0.15) is 0 Å². The Bertz CT molecular complexity index is 818. The van der Waals surface area contributed by atoms with E-state index in [0.717, 1.165) is 24.4 Å². The van der Waals surface area contributed by atoms with Crippen LogP contribution in [0.3, 0.4) is 0 Å². The van der Waals surface area contributed by atoms with Gasteiger partial charge < -0.3 is 14.8 Å². The zero-order valence-corrected chi connectivity index (χ0v) is 16.0. The van der Waals surface area contributed by atoms with E-state index in [1.165, 1.54) is 48.2 Å². The van der Waals surface area contributed by atoms with E-state index in [1.54, 1.807) is 7.05 Å². The molecule has 25 heavy (non-hydrogen) atoms. The van der Waals surface area contributed by atoms with Gasteiger partial charge in [0.15, 0.2) is 0 Å². The van der Waals surface area contributed by atoms with Crippen LogP contribution >= 0.6 is 11.3 Å². The monoisotopic (exact) mass is 362 g/mol. The average Bonchev–Trinajstić information content (AvgIpc) is 2.94. The first-order valence-corrected chi connectivity index (χ1v) is 9.74. The van der Waals surface area contributed by atoms with Gasteiger partial charge in [0.25, 0.3) is 11.5 Å². The fourth-order valence-corrected chi connectivity index (χ4v) is 4.35. The second kappa shape index (κ2) is 7.66. The lowest BCUT2D eigenvalue weighted by Crippen LogP contribution is -2.35. The summed E-state index contributed by atoms with van der Waals surface area (Å²) in [6.45, 7) is 8.16. The number of rotatable bonds is 5. The highest BCUT2D eigenvalue weighted by atomic mass is 32.1. The molecule has 7 heteroatoms. The van der Waals surface area contributed by atoms with Crippen molar-refractivity contribution in [3.05, 3.63) is 27.1 Å². The number of aryl methyl sites for hydroxylation is 2. The van der Waals surface area contributed by atoms with Crippen LogP contribution in [0.25, 0.3) is 10.2 Å². The highest BCUT2D eigenvalue weighted by Gasteiger charge is 2.19. The normalized spacial score (nSPS) is 16.4. The van der Waals surface area contributed by atoms with Crippen molar-refractivity contribution < 1.29 is 4.79 Å². The molecule has 3 rings (SSSR count). The van der Waals surface area contributed by atoms with Gasteiger partial charge in [-0.05, 0) is 57.3 Å². The second-order valence-corrected chi connectivity index (χ2v) is 8.03. The maximum Gasteiger partial charge on any atom is 0.262 e. The molecule has 1 saturated heterocycles. The number of likely N-dealkylation sites (tertiary alicyclic amines) is 1. The summed E-state index contributed by atoms with van der Waals surface area (Å²) in [4.78, 5) is 32.7. The molecule has 2 aromatic heterocycles. The molecule has 0 radical (unpaired) electrons. The van der Waals surface area contributed by atoms with Gasteiger partial charge in [0.05, 0.1) is 16.6 Å². The molecular formula is C18H26N4O2S. The minimum Gasteiger partial charge on any atom is -0.351 e. The standard InChI is InChI=1S/C18H26N4O2S/c1-12-5-9-22(10-6-12)8-4-7-19-16(23)15-13(2)14-17(25-15)20-11-21(3)18(14)24/h11-12H,4-10H2,1-3H3,(H,19,23). The summed E-state index contributed by atoms with van der Waals surface area (Å²) >= 11 is 1.29. The van der Waals surface area contributed by atoms with E-state index in [0.29, 0.717) is 21.6 Å². The zero-order valence-electron chi connectivity index (χ0n) is 15.2. The number of aromatic nitrogens is 2. The first-order valence-electron chi connectivity index (χ1n) is 8.92. The highest BCUT2D eigenvalue weighted by Crippen LogP contribution is 2.26. The third-order valence-electron chi connectivity index (χ3n) is 5.03.